The molecule has 7 heteroatoms. The highest BCUT2D eigenvalue weighted by atomic mass is 19.1. The van der Waals surface area contributed by atoms with Gasteiger partial charge in [-0.3, -0.25) is 4.79 Å². The van der Waals surface area contributed by atoms with Crippen LogP contribution in [0, 0.1) is 17.5 Å². The van der Waals surface area contributed by atoms with Crippen LogP contribution in [0.4, 0.5) is 13.2 Å². The van der Waals surface area contributed by atoms with Gasteiger partial charge < -0.3 is 15.2 Å². The fourth-order valence-electron chi connectivity index (χ4n) is 2.34. The van der Waals surface area contributed by atoms with Crippen molar-refractivity contribution in [1.29, 1.82) is 0 Å². The highest BCUT2D eigenvalue weighted by Crippen LogP contribution is 2.23. The molecule has 0 saturated carbocycles. The first kappa shape index (κ1) is 17.8. The molecule has 0 radical (unpaired) electrons. The van der Waals surface area contributed by atoms with Gasteiger partial charge in [0.05, 0.1) is 6.04 Å². The lowest BCUT2D eigenvalue weighted by atomic mass is 10.0. The van der Waals surface area contributed by atoms with E-state index in [1.165, 1.54) is 31.4 Å². The number of rotatable bonds is 5. The van der Waals surface area contributed by atoms with E-state index in [0.29, 0.717) is 5.56 Å². The average molecular weight is 339 g/mol. The SMILES string of the molecule is CO[C@H](c1ccc(F)cc1)[C@@H](C)NC(=O)c1cc(F)c(O)c(F)c1. The van der Waals surface area contributed by atoms with Crippen molar-refractivity contribution in [2.45, 2.75) is 19.1 Å². The van der Waals surface area contributed by atoms with Gasteiger partial charge in [-0.25, -0.2) is 13.2 Å². The van der Waals surface area contributed by atoms with Crippen LogP contribution in [0.25, 0.3) is 0 Å². The standard InChI is InChI=1S/C17H16F3NO3/c1-9(16(24-2)10-3-5-12(18)6-4-10)21-17(23)11-7-13(19)15(22)14(20)8-11/h3-9,16,22H,1-2H3,(H,21,23)/t9-,16+/m1/s1. The van der Waals surface area contributed by atoms with Crippen molar-refractivity contribution in [3.8, 4) is 5.75 Å². The number of hydrogen-bond acceptors (Lipinski definition) is 3. The van der Waals surface area contributed by atoms with Gasteiger partial charge in [-0.05, 0) is 36.8 Å². The minimum Gasteiger partial charge on any atom is -0.503 e. The van der Waals surface area contributed by atoms with Gasteiger partial charge in [-0.15, -0.1) is 0 Å². The van der Waals surface area contributed by atoms with Gasteiger partial charge in [0.15, 0.2) is 17.4 Å². The van der Waals surface area contributed by atoms with Crippen LogP contribution >= 0.6 is 0 Å². The number of phenolic OH excluding ortho intramolecular Hbond substituents is 1. The first-order valence-corrected chi connectivity index (χ1v) is 7.10. The molecule has 0 aliphatic rings. The van der Waals surface area contributed by atoms with Crippen LogP contribution < -0.4 is 5.32 Å². The lowest BCUT2D eigenvalue weighted by Gasteiger charge is -2.24. The summed E-state index contributed by atoms with van der Waals surface area (Å²) in [5, 5.41) is 11.6. The normalized spacial score (nSPS) is 13.4. The van der Waals surface area contributed by atoms with E-state index >= 15 is 0 Å². The topological polar surface area (TPSA) is 58.6 Å². The van der Waals surface area contributed by atoms with Crippen LogP contribution in [0.15, 0.2) is 36.4 Å². The molecule has 0 fully saturated rings. The minimum absolute atomic E-state index is 0.274. The molecular weight excluding hydrogens is 323 g/mol. The van der Waals surface area contributed by atoms with Gasteiger partial charge >= 0.3 is 0 Å². The number of benzene rings is 2. The van der Waals surface area contributed by atoms with Crippen molar-refractivity contribution < 1.29 is 27.8 Å². The summed E-state index contributed by atoms with van der Waals surface area (Å²) >= 11 is 0. The summed E-state index contributed by atoms with van der Waals surface area (Å²) in [4.78, 5) is 12.1. The Morgan fingerprint density at radius 2 is 1.67 bits per heavy atom. The van der Waals surface area contributed by atoms with Crippen molar-refractivity contribution in [1.82, 2.24) is 5.32 Å². The largest absolute Gasteiger partial charge is 0.503 e. The maximum atomic E-state index is 13.3. The molecule has 0 spiro atoms. The van der Waals surface area contributed by atoms with Crippen LogP contribution in [0.5, 0.6) is 5.75 Å². The van der Waals surface area contributed by atoms with Crippen molar-refractivity contribution >= 4 is 5.91 Å². The predicted molar refractivity (Wildman–Crippen MR) is 81.1 cm³/mol. The van der Waals surface area contributed by atoms with E-state index in [-0.39, 0.29) is 5.56 Å². The van der Waals surface area contributed by atoms with Crippen LogP contribution in [0.2, 0.25) is 0 Å². The van der Waals surface area contributed by atoms with Crippen molar-refractivity contribution in [3.63, 3.8) is 0 Å². The van der Waals surface area contributed by atoms with Gasteiger partial charge in [0.25, 0.3) is 5.91 Å². The molecule has 0 saturated heterocycles. The van der Waals surface area contributed by atoms with Gasteiger partial charge in [-0.1, -0.05) is 12.1 Å². The summed E-state index contributed by atoms with van der Waals surface area (Å²) in [6, 6.07) is 6.48. The smallest absolute Gasteiger partial charge is 0.251 e. The van der Waals surface area contributed by atoms with E-state index in [4.69, 9.17) is 9.84 Å². The molecule has 128 valence electrons. The second-order valence-electron chi connectivity index (χ2n) is 5.26. The Labute approximate surface area is 136 Å². The zero-order valence-electron chi connectivity index (χ0n) is 13.0. The number of amides is 1. The first-order chi connectivity index (χ1) is 11.3. The number of aromatic hydroxyl groups is 1. The molecule has 0 aliphatic carbocycles. The summed E-state index contributed by atoms with van der Waals surface area (Å²) < 4.78 is 45.0. The Bertz CT molecular complexity index is 711. The molecule has 1 amide bonds. The zero-order valence-corrected chi connectivity index (χ0v) is 13.0. The average Bonchev–Trinajstić information content (AvgIpc) is 2.54. The summed E-state index contributed by atoms with van der Waals surface area (Å²) in [6.45, 7) is 1.64. The lowest BCUT2D eigenvalue weighted by Crippen LogP contribution is -2.37. The van der Waals surface area contributed by atoms with Crippen LogP contribution in [0.3, 0.4) is 0 Å². The van der Waals surface area contributed by atoms with E-state index in [0.717, 1.165) is 12.1 Å². The highest BCUT2D eigenvalue weighted by Gasteiger charge is 2.22. The van der Waals surface area contributed by atoms with Crippen LogP contribution in [-0.2, 0) is 4.74 Å². The number of carbonyl (C=O) groups excluding carboxylic acids is 1. The Balaban J connectivity index is 2.16. The quantitative estimate of drug-likeness (QED) is 0.879. The van der Waals surface area contributed by atoms with Crippen LogP contribution in [-0.4, -0.2) is 24.2 Å². The fraction of sp³-hybridized carbons (Fsp3) is 0.235. The molecule has 2 N–H and O–H groups in total. The third-order valence-corrected chi connectivity index (χ3v) is 3.54. The number of ether oxygens (including phenoxy) is 1. The number of methoxy groups -OCH3 is 1. The molecule has 2 aromatic rings. The summed E-state index contributed by atoms with van der Waals surface area (Å²) in [5.41, 5.74) is 0.360. The summed E-state index contributed by atoms with van der Waals surface area (Å²) in [5.74, 6) is -4.73. The van der Waals surface area contributed by atoms with Crippen molar-refractivity contribution in [3.05, 3.63) is 65.0 Å². The molecule has 0 aliphatic heterocycles. The number of phenols is 1. The Morgan fingerprint density at radius 3 is 2.17 bits per heavy atom. The Kier molecular flexibility index (Phi) is 5.46. The number of nitrogens with one attached hydrogen (secondary N) is 1. The number of hydrogen-bond donors (Lipinski definition) is 2. The Hall–Kier alpha value is -2.54. The molecule has 4 nitrogen and oxygen atoms in total. The molecule has 2 rings (SSSR count). The monoisotopic (exact) mass is 339 g/mol. The van der Waals surface area contributed by atoms with Crippen molar-refractivity contribution in [2.24, 2.45) is 0 Å². The molecule has 0 aromatic heterocycles. The van der Waals surface area contributed by atoms with E-state index in [9.17, 15) is 18.0 Å². The van der Waals surface area contributed by atoms with E-state index in [2.05, 4.69) is 5.32 Å². The predicted octanol–water partition coefficient (Wildman–Crippen LogP) is 3.32. The molecule has 2 aromatic carbocycles. The molecular formula is C17H16F3NO3. The van der Waals surface area contributed by atoms with E-state index in [1.807, 2.05) is 0 Å². The third kappa shape index (κ3) is 3.86. The second kappa shape index (κ2) is 7.35. The number of carbonyl (C=O) groups is 1. The molecule has 24 heavy (non-hydrogen) atoms. The van der Waals surface area contributed by atoms with E-state index in [1.54, 1.807) is 6.92 Å². The minimum atomic E-state index is -1.23. The van der Waals surface area contributed by atoms with Crippen molar-refractivity contribution in [2.75, 3.05) is 7.11 Å². The number of halogens is 3. The molecule has 0 heterocycles. The molecule has 2 atom stereocenters. The molecule has 0 bridgehead atoms. The summed E-state index contributed by atoms with van der Waals surface area (Å²) in [6.07, 6.45) is -0.582. The first-order valence-electron chi connectivity index (χ1n) is 7.10. The van der Waals surface area contributed by atoms with Gasteiger partial charge in [-0.2, -0.15) is 0 Å². The second-order valence-corrected chi connectivity index (χ2v) is 5.26. The van der Waals surface area contributed by atoms with Crippen LogP contribution in [0.1, 0.15) is 28.9 Å². The third-order valence-electron chi connectivity index (χ3n) is 3.54. The maximum absolute atomic E-state index is 13.3. The van der Waals surface area contributed by atoms with Gasteiger partial charge in [0.2, 0.25) is 0 Å². The Morgan fingerprint density at radius 1 is 1.12 bits per heavy atom. The fourth-order valence-corrected chi connectivity index (χ4v) is 2.34. The van der Waals surface area contributed by atoms with Gasteiger partial charge in [0, 0.05) is 12.7 Å². The summed E-state index contributed by atoms with van der Waals surface area (Å²) in [7, 11) is 1.43. The molecule has 0 unspecified atom stereocenters. The maximum Gasteiger partial charge on any atom is 0.251 e. The lowest BCUT2D eigenvalue weighted by molar-refractivity contribution is 0.0644. The van der Waals surface area contributed by atoms with Gasteiger partial charge in [0.1, 0.15) is 11.9 Å². The highest BCUT2D eigenvalue weighted by molar-refractivity contribution is 5.94. The van der Waals surface area contributed by atoms with E-state index < -0.39 is 41.3 Å². The zero-order chi connectivity index (χ0) is 17.9.